The summed E-state index contributed by atoms with van der Waals surface area (Å²) in [6, 6.07) is 5.22. The quantitative estimate of drug-likeness (QED) is 0.640. The molecule has 0 saturated heterocycles. The van der Waals surface area contributed by atoms with E-state index in [1.807, 2.05) is 6.07 Å². The molecule has 0 aliphatic carbocycles. The molecule has 0 fully saturated rings. The summed E-state index contributed by atoms with van der Waals surface area (Å²) in [5.74, 6) is 0.604. The van der Waals surface area contributed by atoms with E-state index >= 15 is 0 Å². The van der Waals surface area contributed by atoms with E-state index in [0.717, 1.165) is 24.8 Å². The number of hydrogen-bond acceptors (Lipinski definition) is 4. The van der Waals surface area contributed by atoms with Crippen LogP contribution in [0, 0.1) is 0 Å². The zero-order chi connectivity index (χ0) is 12.0. The van der Waals surface area contributed by atoms with E-state index in [0.29, 0.717) is 12.3 Å². The van der Waals surface area contributed by atoms with Gasteiger partial charge in [-0.3, -0.25) is 0 Å². The van der Waals surface area contributed by atoms with Crippen LogP contribution in [0.3, 0.4) is 0 Å². The number of rotatable bonds is 6. The second-order valence-corrected chi connectivity index (χ2v) is 3.82. The largest absolute Gasteiger partial charge is 0.504 e. The molecule has 0 aromatic heterocycles. The van der Waals surface area contributed by atoms with Crippen LogP contribution in [0.1, 0.15) is 30.9 Å². The highest BCUT2D eigenvalue weighted by atomic mass is 16.5. The summed E-state index contributed by atoms with van der Waals surface area (Å²) in [5.41, 5.74) is 12.3. The average molecular weight is 224 g/mol. The van der Waals surface area contributed by atoms with E-state index in [1.165, 1.54) is 7.11 Å². The second-order valence-electron chi connectivity index (χ2n) is 3.82. The number of unbranched alkanes of at least 4 members (excludes halogenated alkanes) is 1. The Kier molecular flexibility index (Phi) is 5.08. The van der Waals surface area contributed by atoms with Crippen LogP contribution >= 0.6 is 0 Å². The van der Waals surface area contributed by atoms with Crippen molar-refractivity contribution in [2.75, 3.05) is 13.7 Å². The molecule has 1 aromatic carbocycles. The summed E-state index contributed by atoms with van der Waals surface area (Å²) in [5, 5.41) is 9.61. The fraction of sp³-hybridized carbons (Fsp3) is 0.500. The van der Waals surface area contributed by atoms with Crippen molar-refractivity contribution in [1.29, 1.82) is 0 Å². The molecule has 1 aromatic rings. The molecule has 1 rings (SSSR count). The lowest BCUT2D eigenvalue weighted by Gasteiger charge is -2.13. The van der Waals surface area contributed by atoms with E-state index in [-0.39, 0.29) is 11.8 Å². The summed E-state index contributed by atoms with van der Waals surface area (Å²) in [6.45, 7) is 0.695. The van der Waals surface area contributed by atoms with Crippen molar-refractivity contribution in [3.8, 4) is 11.5 Å². The maximum Gasteiger partial charge on any atom is 0.160 e. The molecule has 0 heterocycles. The Morgan fingerprint density at radius 2 is 2.12 bits per heavy atom. The maximum atomic E-state index is 9.61. The van der Waals surface area contributed by atoms with Crippen molar-refractivity contribution in [1.82, 2.24) is 0 Å². The number of ether oxygens (including phenoxy) is 1. The topological polar surface area (TPSA) is 81.5 Å². The molecular formula is C12H20N2O2. The number of methoxy groups -OCH3 is 1. The van der Waals surface area contributed by atoms with Crippen LogP contribution in [0.15, 0.2) is 18.2 Å². The van der Waals surface area contributed by atoms with E-state index in [4.69, 9.17) is 16.2 Å². The first kappa shape index (κ1) is 12.8. The minimum Gasteiger partial charge on any atom is -0.504 e. The number of nitrogens with two attached hydrogens (primary N) is 2. The zero-order valence-electron chi connectivity index (χ0n) is 9.65. The predicted molar refractivity (Wildman–Crippen MR) is 64.5 cm³/mol. The Balaban J connectivity index is 2.62. The van der Waals surface area contributed by atoms with Gasteiger partial charge >= 0.3 is 0 Å². The minimum absolute atomic E-state index is 0.0524. The summed E-state index contributed by atoms with van der Waals surface area (Å²) in [4.78, 5) is 0. The summed E-state index contributed by atoms with van der Waals surface area (Å²) < 4.78 is 4.97. The maximum absolute atomic E-state index is 9.61. The molecule has 0 unspecified atom stereocenters. The Hall–Kier alpha value is -1.26. The van der Waals surface area contributed by atoms with Crippen molar-refractivity contribution in [3.05, 3.63) is 23.8 Å². The van der Waals surface area contributed by atoms with Gasteiger partial charge < -0.3 is 21.3 Å². The summed E-state index contributed by atoms with van der Waals surface area (Å²) in [7, 11) is 1.52. The first-order chi connectivity index (χ1) is 7.69. The third kappa shape index (κ3) is 3.40. The molecule has 5 N–H and O–H groups in total. The van der Waals surface area contributed by atoms with Gasteiger partial charge in [-0.25, -0.2) is 0 Å². The van der Waals surface area contributed by atoms with Crippen LogP contribution in [0.25, 0.3) is 0 Å². The molecule has 0 aliphatic rings. The van der Waals surface area contributed by atoms with Crippen molar-refractivity contribution in [2.24, 2.45) is 11.5 Å². The van der Waals surface area contributed by atoms with Crippen LogP contribution in [-0.4, -0.2) is 18.8 Å². The fourth-order valence-corrected chi connectivity index (χ4v) is 1.61. The van der Waals surface area contributed by atoms with Crippen LogP contribution in [0.5, 0.6) is 11.5 Å². The molecule has 90 valence electrons. The lowest BCUT2D eigenvalue weighted by molar-refractivity contribution is 0.372. The van der Waals surface area contributed by atoms with Gasteiger partial charge in [0.25, 0.3) is 0 Å². The van der Waals surface area contributed by atoms with Gasteiger partial charge in [-0.05, 0) is 37.1 Å². The number of benzene rings is 1. The van der Waals surface area contributed by atoms with E-state index in [2.05, 4.69) is 0 Å². The smallest absolute Gasteiger partial charge is 0.160 e. The molecule has 0 amide bonds. The second kappa shape index (κ2) is 6.35. The van der Waals surface area contributed by atoms with Crippen molar-refractivity contribution >= 4 is 0 Å². The molecule has 0 aliphatic heterocycles. The molecule has 4 nitrogen and oxygen atoms in total. The van der Waals surface area contributed by atoms with E-state index in [9.17, 15) is 5.11 Å². The first-order valence-corrected chi connectivity index (χ1v) is 5.51. The van der Waals surface area contributed by atoms with Crippen molar-refractivity contribution in [2.45, 2.75) is 25.3 Å². The monoisotopic (exact) mass is 224 g/mol. The highest BCUT2D eigenvalue weighted by Gasteiger charge is 2.08. The Morgan fingerprint density at radius 3 is 2.69 bits per heavy atom. The first-order valence-electron chi connectivity index (χ1n) is 5.51. The van der Waals surface area contributed by atoms with Crippen molar-refractivity contribution in [3.63, 3.8) is 0 Å². The average Bonchev–Trinajstić information content (AvgIpc) is 2.29. The predicted octanol–water partition coefficient (Wildman–Crippen LogP) is 1.53. The van der Waals surface area contributed by atoms with E-state index < -0.39 is 0 Å². The van der Waals surface area contributed by atoms with Gasteiger partial charge in [0.15, 0.2) is 11.5 Å². The summed E-state index contributed by atoms with van der Waals surface area (Å²) >= 11 is 0. The van der Waals surface area contributed by atoms with Crippen LogP contribution in [0.2, 0.25) is 0 Å². The molecule has 4 heteroatoms. The minimum atomic E-state index is -0.0524. The van der Waals surface area contributed by atoms with E-state index in [1.54, 1.807) is 12.1 Å². The Morgan fingerprint density at radius 1 is 1.38 bits per heavy atom. The fourth-order valence-electron chi connectivity index (χ4n) is 1.61. The molecular weight excluding hydrogens is 204 g/mol. The van der Waals surface area contributed by atoms with Crippen molar-refractivity contribution < 1.29 is 9.84 Å². The lowest BCUT2D eigenvalue weighted by Crippen LogP contribution is -2.11. The van der Waals surface area contributed by atoms with Gasteiger partial charge in [-0.1, -0.05) is 12.5 Å². The molecule has 0 bridgehead atoms. The molecule has 1 atom stereocenters. The van der Waals surface area contributed by atoms with Crippen LogP contribution in [0.4, 0.5) is 0 Å². The molecule has 0 saturated carbocycles. The highest BCUT2D eigenvalue weighted by Crippen LogP contribution is 2.29. The van der Waals surface area contributed by atoms with Gasteiger partial charge in [-0.15, -0.1) is 0 Å². The molecule has 16 heavy (non-hydrogen) atoms. The Bertz CT molecular complexity index is 329. The number of hydrogen-bond donors (Lipinski definition) is 3. The Labute approximate surface area is 96.2 Å². The number of aromatic hydroxyl groups is 1. The van der Waals surface area contributed by atoms with Gasteiger partial charge in [0.05, 0.1) is 7.11 Å². The highest BCUT2D eigenvalue weighted by molar-refractivity contribution is 5.42. The number of phenols is 1. The van der Waals surface area contributed by atoms with Crippen LogP contribution < -0.4 is 16.2 Å². The standard InChI is InChI=1S/C12H20N2O2/c1-16-12-6-5-9(8-11(12)15)10(14)4-2-3-7-13/h5-6,8,10,15H,2-4,7,13-14H2,1H3/t10-/m1/s1. The van der Waals surface area contributed by atoms with Gasteiger partial charge in [0.1, 0.15) is 0 Å². The number of phenolic OH excluding ortho intramolecular Hbond substituents is 1. The summed E-state index contributed by atoms with van der Waals surface area (Å²) in [6.07, 6.45) is 2.86. The zero-order valence-corrected chi connectivity index (χ0v) is 9.65. The van der Waals surface area contributed by atoms with Gasteiger partial charge in [0.2, 0.25) is 0 Å². The molecule has 0 radical (unpaired) electrons. The SMILES string of the molecule is COc1ccc([C@H](N)CCCCN)cc1O. The molecule has 0 spiro atoms. The lowest BCUT2D eigenvalue weighted by atomic mass is 10.0. The van der Waals surface area contributed by atoms with Gasteiger partial charge in [0, 0.05) is 6.04 Å². The third-order valence-corrected chi connectivity index (χ3v) is 2.60. The normalized spacial score (nSPS) is 12.4. The van der Waals surface area contributed by atoms with Gasteiger partial charge in [-0.2, -0.15) is 0 Å². The third-order valence-electron chi connectivity index (χ3n) is 2.60. The van der Waals surface area contributed by atoms with Crippen LogP contribution in [-0.2, 0) is 0 Å².